The number of likely N-dealkylation sites (N-methyl/N-ethyl adjacent to an activating group) is 1. The quantitative estimate of drug-likeness (QED) is 0.426. The molecule has 186 valence electrons. The Morgan fingerprint density at radius 1 is 1.17 bits per heavy atom. The van der Waals surface area contributed by atoms with Crippen LogP contribution in [0.3, 0.4) is 0 Å². The van der Waals surface area contributed by atoms with E-state index in [1.807, 2.05) is 22.9 Å². The van der Waals surface area contributed by atoms with E-state index >= 15 is 0 Å². The van der Waals surface area contributed by atoms with Gasteiger partial charge in [-0.05, 0) is 44.4 Å². The van der Waals surface area contributed by atoms with Gasteiger partial charge in [-0.1, -0.05) is 0 Å². The minimum Gasteiger partial charge on any atom is -0.474 e. The molecule has 2 N–H and O–H groups in total. The highest BCUT2D eigenvalue weighted by Gasteiger charge is 2.21. The zero-order valence-electron chi connectivity index (χ0n) is 20.5. The van der Waals surface area contributed by atoms with Gasteiger partial charge >= 0.3 is 0 Å². The highest BCUT2D eigenvalue weighted by Crippen LogP contribution is 2.31. The van der Waals surface area contributed by atoms with Crippen molar-refractivity contribution >= 4 is 28.5 Å². The standard InChI is InChI=1S/C26H30N8O2/c1-32(2)15-21-16-33(10-12-35-21)20-5-3-19(4-6-20)30-24-25-28-7-9-34(25)17-23(31-24)18-13-22-26(29-14-18)36-11-8-27-22/h3-7,9,13-14,17,21,27H,8,10-12,15-16H2,1-2H3,(H,30,31). The number of anilines is 4. The fourth-order valence-corrected chi connectivity index (χ4v) is 4.69. The van der Waals surface area contributed by atoms with Gasteiger partial charge in [-0.2, -0.15) is 0 Å². The number of imidazole rings is 1. The Hall–Kier alpha value is -3.89. The van der Waals surface area contributed by atoms with E-state index in [-0.39, 0.29) is 6.10 Å². The van der Waals surface area contributed by atoms with Crippen LogP contribution in [0.5, 0.6) is 5.88 Å². The van der Waals surface area contributed by atoms with Crippen LogP contribution in [0.2, 0.25) is 0 Å². The predicted molar refractivity (Wildman–Crippen MR) is 140 cm³/mol. The van der Waals surface area contributed by atoms with Crippen LogP contribution in [0.4, 0.5) is 22.9 Å². The summed E-state index contributed by atoms with van der Waals surface area (Å²) in [7, 11) is 4.16. The third kappa shape index (κ3) is 4.65. The Balaban J connectivity index is 1.24. The molecule has 6 rings (SSSR count). The highest BCUT2D eigenvalue weighted by molar-refractivity contribution is 5.75. The summed E-state index contributed by atoms with van der Waals surface area (Å²) >= 11 is 0. The van der Waals surface area contributed by atoms with E-state index in [0.29, 0.717) is 18.3 Å². The minimum atomic E-state index is 0.215. The lowest BCUT2D eigenvalue weighted by molar-refractivity contribution is 0.0248. The summed E-state index contributed by atoms with van der Waals surface area (Å²) < 4.78 is 13.5. The number of aromatic nitrogens is 4. The molecule has 0 spiro atoms. The SMILES string of the molecule is CN(C)CC1CN(c2ccc(Nc3nc(-c4cnc5c(c4)NCCO5)cn4ccnc34)cc2)CCO1. The van der Waals surface area contributed by atoms with Crippen molar-refractivity contribution in [2.75, 3.05) is 69.0 Å². The average Bonchev–Trinajstić information content (AvgIpc) is 3.38. The van der Waals surface area contributed by atoms with Gasteiger partial charge in [-0.15, -0.1) is 0 Å². The molecule has 0 saturated carbocycles. The van der Waals surface area contributed by atoms with Crippen LogP contribution in [-0.4, -0.2) is 83.8 Å². The van der Waals surface area contributed by atoms with Crippen molar-refractivity contribution in [3.05, 3.63) is 55.1 Å². The van der Waals surface area contributed by atoms with Crippen molar-refractivity contribution in [1.82, 2.24) is 24.3 Å². The summed E-state index contributed by atoms with van der Waals surface area (Å²) in [5.74, 6) is 1.31. The first kappa shape index (κ1) is 22.6. The molecule has 4 aromatic rings. The van der Waals surface area contributed by atoms with Crippen LogP contribution in [0.25, 0.3) is 16.9 Å². The summed E-state index contributed by atoms with van der Waals surface area (Å²) in [6.45, 7) is 4.82. The topological polar surface area (TPSA) is 92.1 Å². The number of fused-ring (bicyclic) bond motifs is 2. The Morgan fingerprint density at radius 3 is 2.92 bits per heavy atom. The van der Waals surface area contributed by atoms with Gasteiger partial charge in [0.1, 0.15) is 6.61 Å². The molecule has 0 radical (unpaired) electrons. The molecule has 0 bridgehead atoms. The van der Waals surface area contributed by atoms with E-state index in [2.05, 4.69) is 68.8 Å². The van der Waals surface area contributed by atoms with E-state index in [0.717, 1.165) is 61.1 Å². The Bertz CT molecular complexity index is 1350. The maximum Gasteiger partial charge on any atom is 0.237 e. The molecule has 1 aromatic carbocycles. The predicted octanol–water partition coefficient (Wildman–Crippen LogP) is 3.11. The van der Waals surface area contributed by atoms with Crippen LogP contribution in [0, 0.1) is 0 Å². The van der Waals surface area contributed by atoms with Gasteiger partial charge in [-0.3, -0.25) is 0 Å². The van der Waals surface area contributed by atoms with E-state index in [9.17, 15) is 0 Å². The average molecular weight is 487 g/mol. The Kier molecular flexibility index (Phi) is 6.04. The van der Waals surface area contributed by atoms with Gasteiger partial charge in [-0.25, -0.2) is 15.0 Å². The summed E-state index contributed by atoms with van der Waals surface area (Å²) in [4.78, 5) is 18.4. The van der Waals surface area contributed by atoms with Crippen molar-refractivity contribution in [3.8, 4) is 17.1 Å². The summed E-state index contributed by atoms with van der Waals surface area (Å²) in [6.07, 6.45) is 7.67. The van der Waals surface area contributed by atoms with Crippen molar-refractivity contribution in [2.45, 2.75) is 6.10 Å². The number of hydrogen-bond donors (Lipinski definition) is 2. The zero-order valence-corrected chi connectivity index (χ0v) is 20.5. The fraction of sp³-hybridized carbons (Fsp3) is 0.346. The summed E-state index contributed by atoms with van der Waals surface area (Å²) in [5.41, 5.74) is 5.48. The maximum atomic E-state index is 5.93. The van der Waals surface area contributed by atoms with E-state index in [1.54, 1.807) is 12.4 Å². The van der Waals surface area contributed by atoms with Gasteiger partial charge < -0.3 is 34.3 Å². The van der Waals surface area contributed by atoms with Gasteiger partial charge in [0.2, 0.25) is 5.88 Å². The second kappa shape index (κ2) is 9.63. The first-order valence-electron chi connectivity index (χ1n) is 12.2. The van der Waals surface area contributed by atoms with Crippen LogP contribution in [-0.2, 0) is 4.74 Å². The van der Waals surface area contributed by atoms with Crippen molar-refractivity contribution < 1.29 is 9.47 Å². The normalized spacial score (nSPS) is 17.5. The second-order valence-corrected chi connectivity index (χ2v) is 9.36. The fourth-order valence-electron chi connectivity index (χ4n) is 4.69. The van der Waals surface area contributed by atoms with E-state index in [1.165, 1.54) is 5.69 Å². The molecular weight excluding hydrogens is 456 g/mol. The van der Waals surface area contributed by atoms with Gasteiger partial charge in [0.05, 0.1) is 24.1 Å². The van der Waals surface area contributed by atoms with Gasteiger partial charge in [0, 0.05) is 67.9 Å². The van der Waals surface area contributed by atoms with Crippen LogP contribution in [0.1, 0.15) is 0 Å². The van der Waals surface area contributed by atoms with E-state index in [4.69, 9.17) is 14.5 Å². The molecule has 1 fully saturated rings. The molecule has 0 aliphatic carbocycles. The molecule has 1 atom stereocenters. The molecule has 10 heteroatoms. The number of morpholine rings is 1. The highest BCUT2D eigenvalue weighted by atomic mass is 16.5. The minimum absolute atomic E-state index is 0.215. The third-order valence-electron chi connectivity index (χ3n) is 6.38. The number of benzene rings is 1. The van der Waals surface area contributed by atoms with Gasteiger partial charge in [0.15, 0.2) is 11.5 Å². The molecular formula is C26H30N8O2. The first-order chi connectivity index (χ1) is 17.6. The molecule has 5 heterocycles. The third-order valence-corrected chi connectivity index (χ3v) is 6.38. The smallest absolute Gasteiger partial charge is 0.237 e. The van der Waals surface area contributed by atoms with Crippen LogP contribution >= 0.6 is 0 Å². The van der Waals surface area contributed by atoms with E-state index < -0.39 is 0 Å². The molecule has 1 saturated heterocycles. The lowest BCUT2D eigenvalue weighted by Crippen LogP contribution is -2.46. The Morgan fingerprint density at radius 2 is 2.06 bits per heavy atom. The molecule has 36 heavy (non-hydrogen) atoms. The number of nitrogens with zero attached hydrogens (tertiary/aromatic N) is 6. The zero-order chi connectivity index (χ0) is 24.5. The monoisotopic (exact) mass is 486 g/mol. The number of rotatable bonds is 6. The second-order valence-electron chi connectivity index (χ2n) is 9.36. The van der Waals surface area contributed by atoms with Gasteiger partial charge in [0.25, 0.3) is 0 Å². The maximum absolute atomic E-state index is 5.93. The number of nitrogens with one attached hydrogen (secondary N) is 2. The molecule has 0 amide bonds. The number of hydrogen-bond acceptors (Lipinski definition) is 9. The summed E-state index contributed by atoms with van der Waals surface area (Å²) in [6, 6.07) is 10.5. The van der Waals surface area contributed by atoms with Crippen molar-refractivity contribution in [2.24, 2.45) is 0 Å². The molecule has 10 nitrogen and oxygen atoms in total. The van der Waals surface area contributed by atoms with Crippen LogP contribution < -0.4 is 20.3 Å². The largest absolute Gasteiger partial charge is 0.474 e. The lowest BCUT2D eigenvalue weighted by Gasteiger charge is -2.35. The van der Waals surface area contributed by atoms with Crippen molar-refractivity contribution in [3.63, 3.8) is 0 Å². The number of pyridine rings is 1. The lowest BCUT2D eigenvalue weighted by atomic mass is 10.2. The summed E-state index contributed by atoms with van der Waals surface area (Å²) in [5, 5.41) is 6.80. The molecule has 2 aliphatic rings. The number of ether oxygens (including phenoxy) is 2. The molecule has 3 aromatic heterocycles. The van der Waals surface area contributed by atoms with Crippen molar-refractivity contribution in [1.29, 1.82) is 0 Å². The Labute approximate surface area is 209 Å². The van der Waals surface area contributed by atoms with Crippen LogP contribution in [0.15, 0.2) is 55.1 Å². The molecule has 1 unspecified atom stereocenters. The first-order valence-corrected chi connectivity index (χ1v) is 12.2. The molecule has 2 aliphatic heterocycles.